The van der Waals surface area contributed by atoms with Crippen molar-refractivity contribution in [1.29, 1.82) is 0 Å². The monoisotopic (exact) mass is 363 g/mol. The van der Waals surface area contributed by atoms with Gasteiger partial charge < -0.3 is 15.4 Å². The van der Waals surface area contributed by atoms with Gasteiger partial charge in [-0.1, -0.05) is 11.6 Å². The number of amides is 2. The van der Waals surface area contributed by atoms with E-state index < -0.39 is 0 Å². The number of anilines is 1. The third kappa shape index (κ3) is 5.32. The lowest BCUT2D eigenvalue weighted by Gasteiger charge is -2.29. The topological polar surface area (TPSA) is 63.2 Å². The second-order valence-corrected chi connectivity index (χ2v) is 6.45. The van der Waals surface area contributed by atoms with E-state index >= 15 is 0 Å². The molecule has 1 saturated carbocycles. The molecule has 0 unspecified atom stereocenters. The summed E-state index contributed by atoms with van der Waals surface area (Å²) in [7, 11) is 0. The molecule has 1 heterocycles. The van der Waals surface area contributed by atoms with Gasteiger partial charge in [-0.25, -0.2) is 14.2 Å². The van der Waals surface area contributed by atoms with Crippen LogP contribution in [0.3, 0.4) is 0 Å². The Labute approximate surface area is 150 Å². The van der Waals surface area contributed by atoms with E-state index in [0.717, 1.165) is 25.7 Å². The summed E-state index contributed by atoms with van der Waals surface area (Å²) in [5.41, 5.74) is 0.560. The molecule has 1 aliphatic carbocycles. The molecule has 2 N–H and O–H groups in total. The fourth-order valence-electron chi connectivity index (χ4n) is 2.81. The molecule has 2 amide bonds. The van der Waals surface area contributed by atoms with Crippen LogP contribution in [0.1, 0.15) is 25.7 Å². The first kappa shape index (κ1) is 17.5. The molecular formula is C18H19ClFN3O2. The minimum Gasteiger partial charge on any atom is -0.474 e. The van der Waals surface area contributed by atoms with Gasteiger partial charge in [0.15, 0.2) is 0 Å². The van der Waals surface area contributed by atoms with Crippen molar-refractivity contribution in [1.82, 2.24) is 10.3 Å². The number of ether oxygens (including phenoxy) is 1. The maximum Gasteiger partial charge on any atom is 0.319 e. The van der Waals surface area contributed by atoms with Crippen LogP contribution in [-0.4, -0.2) is 23.2 Å². The molecule has 0 bridgehead atoms. The van der Waals surface area contributed by atoms with Gasteiger partial charge in [0.05, 0.1) is 5.02 Å². The van der Waals surface area contributed by atoms with E-state index in [4.69, 9.17) is 16.3 Å². The van der Waals surface area contributed by atoms with Crippen molar-refractivity contribution in [2.75, 3.05) is 5.32 Å². The van der Waals surface area contributed by atoms with Crippen LogP contribution in [0.2, 0.25) is 5.02 Å². The van der Waals surface area contributed by atoms with Gasteiger partial charge in [-0.05, 0) is 56.0 Å². The van der Waals surface area contributed by atoms with Gasteiger partial charge in [-0.15, -0.1) is 0 Å². The van der Waals surface area contributed by atoms with E-state index in [1.165, 1.54) is 24.3 Å². The summed E-state index contributed by atoms with van der Waals surface area (Å²) < 4.78 is 18.7. The highest BCUT2D eigenvalue weighted by Crippen LogP contribution is 2.23. The lowest BCUT2D eigenvalue weighted by atomic mass is 9.93. The van der Waals surface area contributed by atoms with Crippen LogP contribution in [0.25, 0.3) is 0 Å². The Morgan fingerprint density at radius 3 is 2.48 bits per heavy atom. The van der Waals surface area contributed by atoms with Crippen molar-refractivity contribution >= 4 is 23.3 Å². The largest absolute Gasteiger partial charge is 0.474 e. The second kappa shape index (κ2) is 8.16. The third-order valence-corrected chi connectivity index (χ3v) is 4.32. The van der Waals surface area contributed by atoms with Crippen LogP contribution in [-0.2, 0) is 0 Å². The van der Waals surface area contributed by atoms with Crippen molar-refractivity contribution in [3.05, 3.63) is 53.4 Å². The summed E-state index contributed by atoms with van der Waals surface area (Å²) >= 11 is 5.80. The number of urea groups is 1. The Morgan fingerprint density at radius 1 is 1.12 bits per heavy atom. The van der Waals surface area contributed by atoms with Crippen LogP contribution >= 0.6 is 11.6 Å². The maximum atomic E-state index is 12.9. The van der Waals surface area contributed by atoms with Gasteiger partial charge in [0.1, 0.15) is 11.9 Å². The SMILES string of the molecule is O=C(Nc1ccc(F)cc1)NC1CCC(Oc2ccc(Cl)cn2)CC1. The first-order valence-electron chi connectivity index (χ1n) is 8.20. The number of nitrogens with one attached hydrogen (secondary N) is 2. The predicted molar refractivity (Wildman–Crippen MR) is 94.5 cm³/mol. The molecule has 25 heavy (non-hydrogen) atoms. The number of carbonyl (C=O) groups is 1. The second-order valence-electron chi connectivity index (χ2n) is 6.01. The van der Waals surface area contributed by atoms with Gasteiger partial charge in [0.2, 0.25) is 5.88 Å². The number of nitrogens with zero attached hydrogens (tertiary/aromatic N) is 1. The van der Waals surface area contributed by atoms with Crippen LogP contribution < -0.4 is 15.4 Å². The lowest BCUT2D eigenvalue weighted by Crippen LogP contribution is -2.41. The summed E-state index contributed by atoms with van der Waals surface area (Å²) in [5, 5.41) is 6.22. The van der Waals surface area contributed by atoms with Gasteiger partial charge in [-0.3, -0.25) is 0 Å². The van der Waals surface area contributed by atoms with Crippen molar-refractivity contribution in [2.45, 2.75) is 37.8 Å². The molecule has 0 spiro atoms. The van der Waals surface area contributed by atoms with Crippen molar-refractivity contribution < 1.29 is 13.9 Å². The molecule has 5 nitrogen and oxygen atoms in total. The van der Waals surface area contributed by atoms with Gasteiger partial charge in [0.25, 0.3) is 0 Å². The van der Waals surface area contributed by atoms with Gasteiger partial charge >= 0.3 is 6.03 Å². The summed E-state index contributed by atoms with van der Waals surface area (Å²) in [4.78, 5) is 16.1. The summed E-state index contributed by atoms with van der Waals surface area (Å²) in [6.45, 7) is 0. The quantitative estimate of drug-likeness (QED) is 0.847. The number of pyridine rings is 1. The minimum absolute atomic E-state index is 0.0897. The molecule has 0 saturated heterocycles. The normalized spacial score (nSPS) is 19.9. The first-order valence-corrected chi connectivity index (χ1v) is 8.57. The van der Waals surface area contributed by atoms with E-state index in [-0.39, 0.29) is 24.0 Å². The molecule has 0 atom stereocenters. The molecule has 2 aromatic rings. The summed E-state index contributed by atoms with van der Waals surface area (Å²) in [6.07, 6.45) is 4.98. The van der Waals surface area contributed by atoms with Crippen molar-refractivity contribution in [3.63, 3.8) is 0 Å². The lowest BCUT2D eigenvalue weighted by molar-refractivity contribution is 0.135. The first-order chi connectivity index (χ1) is 12.1. The zero-order valence-corrected chi connectivity index (χ0v) is 14.3. The maximum absolute atomic E-state index is 12.9. The van der Waals surface area contributed by atoms with Crippen LogP contribution in [0.4, 0.5) is 14.9 Å². The van der Waals surface area contributed by atoms with Gasteiger partial charge in [-0.2, -0.15) is 0 Å². The number of halogens is 2. The number of carbonyl (C=O) groups excluding carboxylic acids is 1. The molecule has 1 aromatic carbocycles. The molecule has 1 aliphatic rings. The molecular weight excluding hydrogens is 345 g/mol. The average molecular weight is 364 g/mol. The smallest absolute Gasteiger partial charge is 0.319 e. The Kier molecular flexibility index (Phi) is 5.71. The van der Waals surface area contributed by atoms with E-state index in [0.29, 0.717) is 16.6 Å². The summed E-state index contributed by atoms with van der Waals surface area (Å²) in [6, 6.07) is 8.98. The number of benzene rings is 1. The van der Waals surface area contributed by atoms with E-state index in [2.05, 4.69) is 15.6 Å². The van der Waals surface area contributed by atoms with Crippen LogP contribution in [0.15, 0.2) is 42.6 Å². The van der Waals surface area contributed by atoms with Crippen LogP contribution in [0, 0.1) is 5.82 Å². The van der Waals surface area contributed by atoms with E-state index in [1.54, 1.807) is 18.3 Å². The molecule has 0 aliphatic heterocycles. The molecule has 1 aromatic heterocycles. The number of aromatic nitrogens is 1. The standard InChI is InChI=1S/C18H19ClFN3O2/c19-12-1-10-17(21-11-12)25-16-8-6-15(7-9-16)23-18(24)22-14-4-2-13(20)3-5-14/h1-5,10-11,15-16H,6-9H2,(H2,22,23,24). The minimum atomic E-state index is -0.334. The van der Waals surface area contributed by atoms with Crippen molar-refractivity contribution in [2.24, 2.45) is 0 Å². The van der Waals surface area contributed by atoms with Crippen LogP contribution in [0.5, 0.6) is 5.88 Å². The highest BCUT2D eigenvalue weighted by Gasteiger charge is 2.24. The average Bonchev–Trinajstić information content (AvgIpc) is 2.61. The number of rotatable bonds is 4. The molecule has 0 radical (unpaired) electrons. The Hall–Kier alpha value is -2.34. The highest BCUT2D eigenvalue weighted by atomic mass is 35.5. The number of hydrogen-bond acceptors (Lipinski definition) is 3. The molecule has 1 fully saturated rings. The predicted octanol–water partition coefficient (Wildman–Crippen LogP) is 4.39. The Balaban J connectivity index is 1.42. The molecule has 3 rings (SSSR count). The molecule has 132 valence electrons. The zero-order valence-electron chi connectivity index (χ0n) is 13.5. The summed E-state index contributed by atoms with van der Waals surface area (Å²) in [5.74, 6) is 0.231. The number of hydrogen-bond donors (Lipinski definition) is 2. The molecule has 7 heteroatoms. The Bertz CT molecular complexity index is 701. The third-order valence-electron chi connectivity index (χ3n) is 4.10. The Morgan fingerprint density at radius 2 is 1.84 bits per heavy atom. The fourth-order valence-corrected chi connectivity index (χ4v) is 2.93. The van der Waals surface area contributed by atoms with E-state index in [9.17, 15) is 9.18 Å². The van der Waals surface area contributed by atoms with Crippen molar-refractivity contribution in [3.8, 4) is 5.88 Å². The van der Waals surface area contributed by atoms with Gasteiger partial charge in [0, 0.05) is 24.0 Å². The zero-order chi connectivity index (χ0) is 17.6. The fraction of sp³-hybridized carbons (Fsp3) is 0.333. The van der Waals surface area contributed by atoms with E-state index in [1.807, 2.05) is 0 Å². The highest BCUT2D eigenvalue weighted by molar-refractivity contribution is 6.30.